The van der Waals surface area contributed by atoms with Crippen molar-refractivity contribution in [1.82, 2.24) is 0 Å². The van der Waals surface area contributed by atoms with E-state index in [1.807, 2.05) is 56.3 Å². The predicted molar refractivity (Wildman–Crippen MR) is 113 cm³/mol. The van der Waals surface area contributed by atoms with Crippen LogP contribution in [0.2, 0.25) is 0 Å². The second-order valence-electron chi connectivity index (χ2n) is 6.85. The van der Waals surface area contributed by atoms with Crippen LogP contribution in [0.4, 0.5) is 0 Å². The number of ether oxygens (including phenoxy) is 2. The summed E-state index contributed by atoms with van der Waals surface area (Å²) in [4.78, 5) is 25.0. The highest BCUT2D eigenvalue weighted by molar-refractivity contribution is 6.17. The Labute approximate surface area is 166 Å². The number of fused-ring (bicyclic) bond motifs is 1. The van der Waals surface area contributed by atoms with E-state index in [0.29, 0.717) is 12.8 Å². The van der Waals surface area contributed by atoms with E-state index in [0.717, 1.165) is 27.5 Å². The van der Waals surface area contributed by atoms with Gasteiger partial charge >= 0.3 is 11.9 Å². The van der Waals surface area contributed by atoms with Crippen molar-refractivity contribution in [3.8, 4) is 0 Å². The largest absolute Gasteiger partial charge is 0.462 e. The second kappa shape index (κ2) is 10.3. The fraction of sp³-hybridized carbons (Fsp3) is 0.250. The summed E-state index contributed by atoms with van der Waals surface area (Å²) in [5.41, 5.74) is 2.40. The molecule has 2 rings (SSSR count). The molecule has 0 fully saturated rings. The average Bonchev–Trinajstić information content (AvgIpc) is 2.65. The van der Waals surface area contributed by atoms with Crippen molar-refractivity contribution in [2.75, 3.05) is 13.2 Å². The molecule has 146 valence electrons. The van der Waals surface area contributed by atoms with Gasteiger partial charge in [-0.2, -0.15) is 0 Å². The zero-order chi connectivity index (χ0) is 20.5. The monoisotopic (exact) mass is 378 g/mol. The molecule has 0 spiro atoms. The third kappa shape index (κ3) is 6.54. The maximum absolute atomic E-state index is 12.5. The molecule has 28 heavy (non-hydrogen) atoms. The van der Waals surface area contributed by atoms with Crippen LogP contribution >= 0.6 is 0 Å². The lowest BCUT2D eigenvalue weighted by Gasteiger charge is -2.10. The van der Waals surface area contributed by atoms with Crippen LogP contribution in [0.3, 0.4) is 0 Å². The maximum Gasteiger partial charge on any atom is 0.345 e. The van der Waals surface area contributed by atoms with Gasteiger partial charge in [0, 0.05) is 12.8 Å². The first-order valence-corrected chi connectivity index (χ1v) is 9.20. The van der Waals surface area contributed by atoms with Crippen molar-refractivity contribution in [3.63, 3.8) is 0 Å². The highest BCUT2D eigenvalue weighted by Gasteiger charge is 2.21. The highest BCUT2D eigenvalue weighted by atomic mass is 16.6. The molecular formula is C24H26O4. The van der Waals surface area contributed by atoms with Crippen LogP contribution in [0.25, 0.3) is 16.8 Å². The molecule has 4 heteroatoms. The first-order valence-electron chi connectivity index (χ1n) is 9.20. The van der Waals surface area contributed by atoms with Gasteiger partial charge in [0.1, 0.15) is 5.57 Å². The lowest BCUT2D eigenvalue weighted by atomic mass is 10.0. The standard InChI is InChI=1S/C24H26O4/c1-17(2)11-13-27-23(25)22(24(26)28-14-12-18(3)4)16-19-9-10-20-7-5-6-8-21(20)15-19/h5-10,15-16H,1,3,11-14H2,2,4H3. The Morgan fingerprint density at radius 3 is 1.93 bits per heavy atom. The Morgan fingerprint density at radius 1 is 0.857 bits per heavy atom. The molecule has 0 heterocycles. The Bertz CT molecular complexity index is 887. The van der Waals surface area contributed by atoms with Crippen LogP contribution in [0.15, 0.2) is 72.3 Å². The van der Waals surface area contributed by atoms with E-state index >= 15 is 0 Å². The number of esters is 2. The van der Waals surface area contributed by atoms with Crippen LogP contribution in [0.5, 0.6) is 0 Å². The van der Waals surface area contributed by atoms with Crippen LogP contribution in [0.1, 0.15) is 32.3 Å². The molecule has 0 unspecified atom stereocenters. The van der Waals surface area contributed by atoms with Crippen LogP contribution in [-0.4, -0.2) is 25.2 Å². The minimum absolute atomic E-state index is 0.126. The molecule has 0 N–H and O–H groups in total. The van der Waals surface area contributed by atoms with Gasteiger partial charge in [-0.1, -0.05) is 47.5 Å². The SMILES string of the molecule is C=C(C)CCOC(=O)C(=Cc1ccc2ccccc2c1)C(=O)OCCC(=C)C. The van der Waals surface area contributed by atoms with Crippen molar-refractivity contribution in [2.45, 2.75) is 26.7 Å². The molecule has 0 saturated heterocycles. The van der Waals surface area contributed by atoms with E-state index in [4.69, 9.17) is 9.47 Å². The minimum atomic E-state index is -0.699. The molecule has 0 saturated carbocycles. The van der Waals surface area contributed by atoms with Crippen LogP contribution in [0, 0.1) is 0 Å². The molecule has 0 aliphatic rings. The van der Waals surface area contributed by atoms with Gasteiger partial charge in [0.05, 0.1) is 13.2 Å². The lowest BCUT2D eigenvalue weighted by molar-refractivity contribution is -0.146. The number of rotatable bonds is 9. The molecule has 2 aromatic rings. The van der Waals surface area contributed by atoms with Gasteiger partial charge in [0.2, 0.25) is 0 Å². The molecule has 0 bridgehead atoms. The van der Waals surface area contributed by atoms with Crippen molar-refractivity contribution in [2.24, 2.45) is 0 Å². The first-order chi connectivity index (χ1) is 13.4. The van der Waals surface area contributed by atoms with Gasteiger partial charge in [-0.25, -0.2) is 9.59 Å². The Kier molecular flexibility index (Phi) is 7.76. The van der Waals surface area contributed by atoms with E-state index in [-0.39, 0.29) is 18.8 Å². The summed E-state index contributed by atoms with van der Waals surface area (Å²) < 4.78 is 10.5. The summed E-state index contributed by atoms with van der Waals surface area (Å²) in [6.07, 6.45) is 2.60. The molecule has 4 nitrogen and oxygen atoms in total. The molecular weight excluding hydrogens is 352 g/mol. The number of carbonyl (C=O) groups excluding carboxylic acids is 2. The molecule has 0 aliphatic carbocycles. The van der Waals surface area contributed by atoms with Crippen molar-refractivity contribution in [3.05, 3.63) is 77.9 Å². The fourth-order valence-corrected chi connectivity index (χ4v) is 2.46. The zero-order valence-corrected chi connectivity index (χ0v) is 16.5. The number of hydrogen-bond acceptors (Lipinski definition) is 4. The first kappa shape index (κ1) is 21.2. The van der Waals surface area contributed by atoms with Crippen molar-refractivity contribution >= 4 is 28.8 Å². The summed E-state index contributed by atoms with van der Waals surface area (Å²) in [6, 6.07) is 13.6. The molecule has 0 atom stereocenters. The van der Waals surface area contributed by atoms with Crippen LogP contribution in [-0.2, 0) is 19.1 Å². The summed E-state index contributed by atoms with van der Waals surface area (Å²) in [6.45, 7) is 11.6. The Balaban J connectivity index is 2.24. The summed E-state index contributed by atoms with van der Waals surface area (Å²) >= 11 is 0. The fourth-order valence-electron chi connectivity index (χ4n) is 2.46. The number of carbonyl (C=O) groups is 2. The van der Waals surface area contributed by atoms with Gasteiger partial charge in [0.15, 0.2) is 0 Å². The van der Waals surface area contributed by atoms with Gasteiger partial charge in [-0.3, -0.25) is 0 Å². The van der Waals surface area contributed by atoms with E-state index in [1.54, 1.807) is 0 Å². The predicted octanol–water partition coefficient (Wildman–Crippen LogP) is 5.24. The Hall–Kier alpha value is -3.14. The topological polar surface area (TPSA) is 52.6 Å². The lowest BCUT2D eigenvalue weighted by Crippen LogP contribution is -2.19. The quantitative estimate of drug-likeness (QED) is 0.197. The molecule has 0 aliphatic heterocycles. The summed E-state index contributed by atoms with van der Waals surface area (Å²) in [5.74, 6) is -1.40. The third-order valence-corrected chi connectivity index (χ3v) is 4.05. The van der Waals surface area contributed by atoms with Crippen molar-refractivity contribution in [1.29, 1.82) is 0 Å². The smallest absolute Gasteiger partial charge is 0.345 e. The van der Waals surface area contributed by atoms with Gasteiger partial charge in [-0.15, -0.1) is 13.2 Å². The molecule has 0 amide bonds. The van der Waals surface area contributed by atoms with Gasteiger partial charge in [0.25, 0.3) is 0 Å². The highest BCUT2D eigenvalue weighted by Crippen LogP contribution is 2.19. The molecule has 2 aromatic carbocycles. The number of benzene rings is 2. The Morgan fingerprint density at radius 2 is 1.39 bits per heavy atom. The average molecular weight is 378 g/mol. The van der Waals surface area contributed by atoms with Gasteiger partial charge < -0.3 is 9.47 Å². The van der Waals surface area contributed by atoms with Crippen molar-refractivity contribution < 1.29 is 19.1 Å². The van der Waals surface area contributed by atoms with E-state index < -0.39 is 11.9 Å². The minimum Gasteiger partial charge on any atom is -0.462 e. The second-order valence-corrected chi connectivity index (χ2v) is 6.85. The zero-order valence-electron chi connectivity index (χ0n) is 16.5. The third-order valence-electron chi connectivity index (χ3n) is 4.05. The summed E-state index contributed by atoms with van der Waals surface area (Å²) in [7, 11) is 0. The van der Waals surface area contributed by atoms with Gasteiger partial charge in [-0.05, 0) is 42.3 Å². The molecule has 0 radical (unpaired) electrons. The normalized spacial score (nSPS) is 10.2. The number of hydrogen-bond donors (Lipinski definition) is 0. The summed E-state index contributed by atoms with van der Waals surface area (Å²) in [5, 5.41) is 2.09. The van der Waals surface area contributed by atoms with E-state index in [9.17, 15) is 9.59 Å². The molecule has 0 aromatic heterocycles. The van der Waals surface area contributed by atoms with Crippen LogP contribution < -0.4 is 0 Å². The van der Waals surface area contributed by atoms with E-state index in [2.05, 4.69) is 13.2 Å². The maximum atomic E-state index is 12.5. The van der Waals surface area contributed by atoms with E-state index in [1.165, 1.54) is 6.08 Å².